The number of hydrogen-bond donors (Lipinski definition) is 0. The van der Waals surface area contributed by atoms with Crippen LogP contribution in [0.15, 0.2) is 24.1 Å². The van der Waals surface area contributed by atoms with Crippen molar-refractivity contribution < 1.29 is 13.7 Å². The maximum absolute atomic E-state index is 13.1. The molecule has 0 aromatic rings. The van der Waals surface area contributed by atoms with Crippen molar-refractivity contribution >= 4 is 11.6 Å². The lowest BCUT2D eigenvalue weighted by atomic mass is 10.1. The van der Waals surface area contributed by atoms with E-state index in [-0.39, 0.29) is 6.08 Å². The van der Waals surface area contributed by atoms with E-state index in [2.05, 4.69) is 0 Å². The van der Waals surface area contributed by atoms with Crippen molar-refractivity contribution in [1.82, 2.24) is 0 Å². The number of alkyl halides is 2. The van der Waals surface area contributed by atoms with Crippen molar-refractivity contribution in [2.45, 2.75) is 11.2 Å². The lowest BCUT2D eigenvalue weighted by Gasteiger charge is -2.18. The van der Waals surface area contributed by atoms with Crippen LogP contribution in [0.5, 0.6) is 0 Å². The Kier molecular flexibility index (Phi) is 2.14. The summed E-state index contributed by atoms with van der Waals surface area (Å²) in [5, 5.41) is 8.67. The number of nitro groups is 1. The molecule has 0 radical (unpaired) electrons. The lowest BCUT2D eigenvalue weighted by Crippen LogP contribution is -2.40. The van der Waals surface area contributed by atoms with Gasteiger partial charge in [0.15, 0.2) is 5.38 Å². The summed E-state index contributed by atoms with van der Waals surface area (Å²) in [7, 11) is 0. The average Bonchev–Trinajstić information content (AvgIpc) is 1.97. The van der Waals surface area contributed by atoms with Gasteiger partial charge in [-0.25, -0.2) is 4.39 Å². The van der Waals surface area contributed by atoms with E-state index in [0.717, 1.165) is 12.2 Å². The molecule has 2 atom stereocenters. The van der Waals surface area contributed by atoms with Crippen molar-refractivity contribution in [3.63, 3.8) is 0 Å². The molecule has 0 aromatic heterocycles. The number of rotatable bonds is 1. The highest BCUT2D eigenvalue weighted by Crippen LogP contribution is 2.30. The molecule has 0 bridgehead atoms. The van der Waals surface area contributed by atoms with Gasteiger partial charge in [-0.2, -0.15) is 4.39 Å². The number of hydrogen-bond acceptors (Lipinski definition) is 2. The Bertz CT molecular complexity index is 279. The minimum absolute atomic E-state index is 0.255. The molecule has 0 aliphatic heterocycles. The maximum Gasteiger partial charge on any atom is 0.400 e. The molecule has 1 aliphatic rings. The van der Waals surface area contributed by atoms with E-state index in [9.17, 15) is 18.9 Å². The second kappa shape index (κ2) is 2.82. The summed E-state index contributed by atoms with van der Waals surface area (Å²) in [5.74, 6) is -4.02. The van der Waals surface area contributed by atoms with Crippen LogP contribution in [-0.2, 0) is 0 Å². The minimum Gasteiger partial charge on any atom is -0.261 e. The molecule has 0 aromatic carbocycles. The van der Waals surface area contributed by atoms with Gasteiger partial charge in [0, 0.05) is 0 Å². The average molecular weight is 196 g/mol. The topological polar surface area (TPSA) is 43.1 Å². The fraction of sp³-hybridized carbons (Fsp3) is 0.333. The third kappa shape index (κ3) is 1.32. The monoisotopic (exact) mass is 195 g/mol. The smallest absolute Gasteiger partial charge is 0.261 e. The second-order valence-electron chi connectivity index (χ2n) is 2.27. The van der Waals surface area contributed by atoms with Crippen molar-refractivity contribution in [1.29, 1.82) is 0 Å². The summed E-state index contributed by atoms with van der Waals surface area (Å²) in [6.07, 6.45) is 2.04. The van der Waals surface area contributed by atoms with Crippen LogP contribution in [0.3, 0.4) is 0 Å². The first-order valence-electron chi connectivity index (χ1n) is 3.01. The highest BCUT2D eigenvalue weighted by atomic mass is 35.5. The summed E-state index contributed by atoms with van der Waals surface area (Å²) in [5.41, 5.74) is 0. The third-order valence-electron chi connectivity index (χ3n) is 1.43. The molecule has 0 saturated carbocycles. The van der Waals surface area contributed by atoms with Crippen LogP contribution < -0.4 is 0 Å². The molecule has 0 saturated heterocycles. The van der Waals surface area contributed by atoms with Crippen molar-refractivity contribution in [2.24, 2.45) is 0 Å². The Morgan fingerprint density at radius 1 is 1.75 bits per heavy atom. The quantitative estimate of drug-likeness (QED) is 0.278. The van der Waals surface area contributed by atoms with Gasteiger partial charge < -0.3 is 0 Å². The maximum atomic E-state index is 13.1. The fourth-order valence-corrected chi connectivity index (χ4v) is 1.00. The summed E-state index contributed by atoms with van der Waals surface area (Å²) in [4.78, 5) is 8.88. The van der Waals surface area contributed by atoms with E-state index in [1.54, 1.807) is 0 Å². The minimum atomic E-state index is -3.03. The molecular weight excluding hydrogens is 192 g/mol. The van der Waals surface area contributed by atoms with Gasteiger partial charge in [-0.15, -0.1) is 11.6 Å². The molecule has 66 valence electrons. The van der Waals surface area contributed by atoms with Crippen LogP contribution in [0.25, 0.3) is 0 Å². The molecule has 0 unspecified atom stereocenters. The predicted molar refractivity (Wildman–Crippen MR) is 38.8 cm³/mol. The number of halogens is 3. The van der Waals surface area contributed by atoms with Gasteiger partial charge in [-0.3, -0.25) is 10.1 Å². The van der Waals surface area contributed by atoms with Gasteiger partial charge in [0.05, 0.1) is 11.0 Å². The van der Waals surface area contributed by atoms with Gasteiger partial charge in [0.1, 0.15) is 5.83 Å². The molecule has 0 amide bonds. The Balaban J connectivity index is 3.05. The van der Waals surface area contributed by atoms with Gasteiger partial charge in [-0.05, 0) is 6.08 Å². The van der Waals surface area contributed by atoms with E-state index in [1.165, 1.54) is 0 Å². The van der Waals surface area contributed by atoms with Crippen molar-refractivity contribution in [3.05, 3.63) is 34.2 Å². The summed E-state index contributed by atoms with van der Waals surface area (Å²) in [6.45, 7) is 0. The first-order chi connectivity index (χ1) is 5.47. The van der Waals surface area contributed by atoms with Crippen molar-refractivity contribution in [2.75, 3.05) is 0 Å². The zero-order valence-corrected chi connectivity index (χ0v) is 6.46. The molecule has 12 heavy (non-hydrogen) atoms. The van der Waals surface area contributed by atoms with Crippen LogP contribution in [0.4, 0.5) is 8.78 Å². The molecule has 0 N–H and O–H groups in total. The predicted octanol–water partition coefficient (Wildman–Crippen LogP) is 1.96. The lowest BCUT2D eigenvalue weighted by molar-refractivity contribution is -0.587. The van der Waals surface area contributed by atoms with Gasteiger partial charge in [-0.1, -0.05) is 6.08 Å². The largest absolute Gasteiger partial charge is 0.400 e. The van der Waals surface area contributed by atoms with Crippen LogP contribution in [0, 0.1) is 10.1 Å². The molecule has 6 heteroatoms. The van der Waals surface area contributed by atoms with Gasteiger partial charge in [0.25, 0.3) is 0 Å². The summed E-state index contributed by atoms with van der Waals surface area (Å²) >= 11 is 5.27. The summed E-state index contributed by atoms with van der Waals surface area (Å²) < 4.78 is 25.5. The Hall–Kier alpha value is -0.970. The normalized spacial score (nSPS) is 34.6. The van der Waals surface area contributed by atoms with Crippen LogP contribution in [-0.4, -0.2) is 16.1 Å². The molecule has 1 rings (SSSR count). The van der Waals surface area contributed by atoms with E-state index in [0.29, 0.717) is 0 Å². The van der Waals surface area contributed by atoms with Crippen LogP contribution >= 0.6 is 11.6 Å². The molecule has 0 heterocycles. The number of allylic oxidation sites excluding steroid dienone is 2. The fourth-order valence-electron chi connectivity index (χ4n) is 0.786. The van der Waals surface area contributed by atoms with E-state index in [4.69, 9.17) is 11.6 Å². The van der Waals surface area contributed by atoms with E-state index in [1.807, 2.05) is 0 Å². The van der Waals surface area contributed by atoms with Crippen LogP contribution in [0.1, 0.15) is 0 Å². The first-order valence-corrected chi connectivity index (χ1v) is 3.44. The molecule has 1 aliphatic carbocycles. The van der Waals surface area contributed by atoms with Gasteiger partial charge in [0.2, 0.25) is 0 Å². The zero-order chi connectivity index (χ0) is 9.35. The number of nitrogens with zero attached hydrogens (tertiary/aromatic N) is 1. The molecular formula is C6H4ClF2NO2. The Labute approximate surface area is 71.5 Å². The highest BCUT2D eigenvalue weighted by molar-refractivity contribution is 6.22. The van der Waals surface area contributed by atoms with Gasteiger partial charge >= 0.3 is 5.79 Å². The SMILES string of the molecule is O=[N+]([O-])[C@@]1(F)C=C(F)C=C[C@@H]1Cl. The standard InChI is InChI=1S/C6H4ClF2NO2/c7-5-2-1-4(8)3-6(5,9)10(11)12/h1-3,5H/t5-,6-/m0/s1. The van der Waals surface area contributed by atoms with Crippen molar-refractivity contribution in [3.8, 4) is 0 Å². The molecule has 0 fully saturated rings. The molecule has 0 spiro atoms. The Morgan fingerprint density at radius 3 is 2.75 bits per heavy atom. The first kappa shape index (κ1) is 9.12. The molecule has 3 nitrogen and oxygen atoms in total. The summed E-state index contributed by atoms with van der Waals surface area (Å²) in [6, 6.07) is 0. The Morgan fingerprint density at radius 2 is 2.33 bits per heavy atom. The van der Waals surface area contributed by atoms with Crippen LogP contribution in [0.2, 0.25) is 0 Å². The highest BCUT2D eigenvalue weighted by Gasteiger charge is 2.49. The second-order valence-corrected chi connectivity index (χ2v) is 2.75. The van der Waals surface area contributed by atoms with E-state index < -0.39 is 21.9 Å². The van der Waals surface area contributed by atoms with E-state index >= 15 is 0 Å². The third-order valence-corrected chi connectivity index (χ3v) is 1.88. The zero-order valence-electron chi connectivity index (χ0n) is 5.71.